The van der Waals surface area contributed by atoms with Crippen LogP contribution in [0, 0.1) is 6.92 Å². The van der Waals surface area contributed by atoms with Crippen molar-refractivity contribution in [2.75, 3.05) is 0 Å². The fourth-order valence-corrected chi connectivity index (χ4v) is 6.36. The maximum absolute atomic E-state index is 4.96. The van der Waals surface area contributed by atoms with Crippen LogP contribution in [-0.4, -0.2) is 19.5 Å². The molecule has 0 bridgehead atoms. The van der Waals surface area contributed by atoms with E-state index in [1.165, 1.54) is 44.1 Å². The van der Waals surface area contributed by atoms with Gasteiger partial charge in [0.15, 0.2) is 22.9 Å². The summed E-state index contributed by atoms with van der Waals surface area (Å²) in [5, 5.41) is 2.40. The fourth-order valence-electron chi connectivity index (χ4n) is 6.36. The molecule has 0 saturated carbocycles. The molecule has 0 aliphatic heterocycles. The predicted octanol–water partition coefficient (Wildman–Crippen LogP) is 8.64. The van der Waals surface area contributed by atoms with Crippen molar-refractivity contribution in [2.45, 2.75) is 12.3 Å². The van der Waals surface area contributed by atoms with E-state index in [4.69, 9.17) is 15.0 Å². The van der Waals surface area contributed by atoms with Crippen molar-refractivity contribution in [1.29, 1.82) is 0 Å². The van der Waals surface area contributed by atoms with Gasteiger partial charge in [0.1, 0.15) is 0 Å². The molecule has 2 heterocycles. The van der Waals surface area contributed by atoms with Gasteiger partial charge in [0.05, 0.1) is 6.92 Å². The van der Waals surface area contributed by atoms with E-state index >= 15 is 0 Å². The number of aromatic nitrogens is 4. The number of hydrogen-bond acceptors (Lipinski definition) is 3. The molecule has 1 aliphatic rings. The molecule has 0 spiro atoms. The van der Waals surface area contributed by atoms with Crippen molar-refractivity contribution in [3.63, 3.8) is 0 Å². The number of aryl methyl sites for hydroxylation is 1. The highest BCUT2D eigenvalue weighted by Gasteiger charge is 2.41. The molecular formula is C37H27N4+. The predicted molar refractivity (Wildman–Crippen MR) is 167 cm³/mol. The SMILES string of the molecule is [CH2+]C1(C)c2ccccc2-c2cc3c4cc(-c5nc(-c6ccccc6)nc(-c6ccccc6)n5)ccc4n(C)c3cc21. The van der Waals surface area contributed by atoms with Gasteiger partial charge in [-0.3, -0.25) is 0 Å². The van der Waals surface area contributed by atoms with Gasteiger partial charge in [0.2, 0.25) is 0 Å². The van der Waals surface area contributed by atoms with Crippen LogP contribution in [0.4, 0.5) is 0 Å². The van der Waals surface area contributed by atoms with E-state index in [1.807, 2.05) is 60.7 Å². The van der Waals surface area contributed by atoms with Gasteiger partial charge in [-0.25, -0.2) is 15.0 Å². The van der Waals surface area contributed by atoms with Crippen LogP contribution in [0.3, 0.4) is 0 Å². The Labute approximate surface area is 239 Å². The van der Waals surface area contributed by atoms with Crippen LogP contribution < -0.4 is 0 Å². The molecule has 194 valence electrons. The summed E-state index contributed by atoms with van der Waals surface area (Å²) in [5.74, 6) is 1.99. The van der Waals surface area contributed by atoms with E-state index in [-0.39, 0.29) is 5.41 Å². The summed E-state index contributed by atoms with van der Waals surface area (Å²) in [6, 6.07) is 40.1. The van der Waals surface area contributed by atoms with Gasteiger partial charge < -0.3 is 4.57 Å². The minimum absolute atomic E-state index is 0.283. The Kier molecular flexibility index (Phi) is 4.98. The molecule has 0 saturated heterocycles. The normalized spacial score (nSPS) is 15.8. The molecule has 0 radical (unpaired) electrons. The van der Waals surface area contributed by atoms with Crippen LogP contribution >= 0.6 is 0 Å². The zero-order chi connectivity index (χ0) is 27.7. The molecule has 1 aliphatic carbocycles. The molecule has 7 aromatic rings. The molecule has 1 unspecified atom stereocenters. The van der Waals surface area contributed by atoms with E-state index in [0.717, 1.165) is 16.7 Å². The van der Waals surface area contributed by atoms with E-state index in [1.54, 1.807) is 0 Å². The molecule has 5 aromatic carbocycles. The number of hydrogen-bond donors (Lipinski definition) is 0. The van der Waals surface area contributed by atoms with Crippen molar-refractivity contribution in [1.82, 2.24) is 19.5 Å². The lowest BCUT2D eigenvalue weighted by molar-refractivity contribution is 0.742. The summed E-state index contributed by atoms with van der Waals surface area (Å²) >= 11 is 0. The van der Waals surface area contributed by atoms with Crippen LogP contribution in [0.5, 0.6) is 0 Å². The van der Waals surface area contributed by atoms with Crippen LogP contribution in [0.15, 0.2) is 115 Å². The zero-order valence-electron chi connectivity index (χ0n) is 23.0. The molecule has 0 fully saturated rings. The van der Waals surface area contributed by atoms with E-state index in [0.29, 0.717) is 17.5 Å². The molecular weight excluding hydrogens is 500 g/mol. The van der Waals surface area contributed by atoms with E-state index in [2.05, 4.69) is 80.1 Å². The molecule has 8 rings (SSSR count). The molecule has 4 heteroatoms. The number of benzene rings is 5. The molecule has 1 atom stereocenters. The van der Waals surface area contributed by atoms with Crippen molar-refractivity contribution >= 4 is 21.8 Å². The Bertz CT molecular complexity index is 2070. The highest BCUT2D eigenvalue weighted by molar-refractivity contribution is 6.11. The third-order valence-electron chi connectivity index (χ3n) is 8.51. The van der Waals surface area contributed by atoms with Gasteiger partial charge in [0, 0.05) is 56.7 Å². The maximum Gasteiger partial charge on any atom is 0.164 e. The average Bonchev–Trinajstić information content (AvgIpc) is 3.43. The van der Waals surface area contributed by atoms with Gasteiger partial charge >= 0.3 is 0 Å². The second-order valence-corrected chi connectivity index (χ2v) is 11.1. The van der Waals surface area contributed by atoms with Crippen molar-refractivity contribution < 1.29 is 0 Å². The number of fused-ring (bicyclic) bond motifs is 6. The Balaban J connectivity index is 1.36. The summed E-state index contributed by atoms with van der Waals surface area (Å²) in [6.07, 6.45) is 0. The van der Waals surface area contributed by atoms with E-state index in [9.17, 15) is 0 Å². The molecule has 0 N–H and O–H groups in total. The molecule has 4 nitrogen and oxygen atoms in total. The highest BCUT2D eigenvalue weighted by Crippen LogP contribution is 2.50. The second kappa shape index (κ2) is 8.64. The van der Waals surface area contributed by atoms with Crippen LogP contribution in [0.2, 0.25) is 0 Å². The zero-order valence-corrected chi connectivity index (χ0v) is 23.0. The van der Waals surface area contributed by atoms with Crippen LogP contribution in [0.25, 0.3) is 67.1 Å². The molecule has 2 aromatic heterocycles. The van der Waals surface area contributed by atoms with Gasteiger partial charge in [-0.2, -0.15) is 0 Å². The maximum atomic E-state index is 4.96. The molecule has 41 heavy (non-hydrogen) atoms. The van der Waals surface area contributed by atoms with Crippen molar-refractivity contribution in [3.05, 3.63) is 133 Å². The summed E-state index contributed by atoms with van der Waals surface area (Å²) in [7, 11) is 2.14. The minimum atomic E-state index is -0.283. The number of nitrogens with zero attached hydrogens (tertiary/aromatic N) is 4. The first kappa shape index (κ1) is 23.6. The Morgan fingerprint density at radius 1 is 0.537 bits per heavy atom. The second-order valence-electron chi connectivity index (χ2n) is 11.1. The summed E-state index contributed by atoms with van der Waals surface area (Å²) in [6.45, 7) is 6.85. The smallest absolute Gasteiger partial charge is 0.164 e. The monoisotopic (exact) mass is 527 g/mol. The van der Waals surface area contributed by atoms with Crippen molar-refractivity contribution in [3.8, 4) is 45.3 Å². The molecule has 0 amide bonds. The lowest BCUT2D eigenvalue weighted by atomic mass is 9.82. The lowest BCUT2D eigenvalue weighted by Crippen LogP contribution is -2.15. The third kappa shape index (κ3) is 3.54. The van der Waals surface area contributed by atoms with Gasteiger partial charge in [-0.05, 0) is 48.4 Å². The van der Waals surface area contributed by atoms with Crippen LogP contribution in [0.1, 0.15) is 18.1 Å². The van der Waals surface area contributed by atoms with Gasteiger partial charge in [-0.1, -0.05) is 84.9 Å². The first-order valence-corrected chi connectivity index (χ1v) is 13.9. The first-order valence-electron chi connectivity index (χ1n) is 13.9. The third-order valence-corrected chi connectivity index (χ3v) is 8.51. The van der Waals surface area contributed by atoms with Crippen molar-refractivity contribution in [2.24, 2.45) is 7.05 Å². The lowest BCUT2D eigenvalue weighted by Gasteiger charge is -2.14. The fraction of sp³-hybridized carbons (Fsp3) is 0.0811. The summed E-state index contributed by atoms with van der Waals surface area (Å²) < 4.78 is 2.28. The Morgan fingerprint density at radius 2 is 1.10 bits per heavy atom. The highest BCUT2D eigenvalue weighted by atomic mass is 15.0. The van der Waals surface area contributed by atoms with E-state index < -0.39 is 0 Å². The minimum Gasteiger partial charge on any atom is -0.344 e. The van der Waals surface area contributed by atoms with Gasteiger partial charge in [-0.15, -0.1) is 0 Å². The standard InChI is InChI=1S/C37H27N4/c1-37(2)30-17-11-10-16-26(30)27-21-29-28-20-25(18-19-32(28)41(3)33(29)22-31(27)37)36-39-34(23-12-6-4-7-13-23)38-35(40-36)24-14-8-5-9-15-24/h4-22H,1H2,2-3H3/q+1. The summed E-state index contributed by atoms with van der Waals surface area (Å²) in [5.41, 5.74) is 10.1. The Hall–Kier alpha value is -5.22. The quantitative estimate of drug-likeness (QED) is 0.216. The average molecular weight is 528 g/mol. The summed E-state index contributed by atoms with van der Waals surface area (Å²) in [4.78, 5) is 14.8. The van der Waals surface area contributed by atoms with Crippen LogP contribution in [-0.2, 0) is 12.5 Å². The largest absolute Gasteiger partial charge is 0.344 e. The first-order chi connectivity index (χ1) is 20.0. The number of rotatable bonds is 3. The topological polar surface area (TPSA) is 43.6 Å². The van der Waals surface area contributed by atoms with Gasteiger partial charge in [0.25, 0.3) is 0 Å². The Morgan fingerprint density at radius 3 is 1.76 bits per heavy atom.